The fourth-order valence-corrected chi connectivity index (χ4v) is 3.23. The molecule has 6 heteroatoms. The van der Waals surface area contributed by atoms with E-state index < -0.39 is 4.92 Å². The van der Waals surface area contributed by atoms with Gasteiger partial charge in [0.05, 0.1) is 17.6 Å². The summed E-state index contributed by atoms with van der Waals surface area (Å²) in [4.78, 5) is 10.8. The van der Waals surface area contributed by atoms with Crippen molar-refractivity contribution in [2.75, 3.05) is 18.5 Å². The molecule has 1 heterocycles. The zero-order valence-corrected chi connectivity index (χ0v) is 14.0. The number of nitrogens with zero attached hydrogens (tertiary/aromatic N) is 1. The molecular weight excluding hydrogens is 296 g/mol. The fourth-order valence-electron chi connectivity index (χ4n) is 3.23. The van der Waals surface area contributed by atoms with E-state index in [4.69, 9.17) is 4.74 Å². The number of nitrogens with one attached hydrogen (secondary N) is 1. The molecule has 23 heavy (non-hydrogen) atoms. The number of nitro groups is 1. The maximum atomic E-state index is 11.2. The lowest BCUT2D eigenvalue weighted by Gasteiger charge is -2.40. The number of anilines is 1. The van der Waals surface area contributed by atoms with Crippen LogP contribution in [0.3, 0.4) is 0 Å². The summed E-state index contributed by atoms with van der Waals surface area (Å²) in [5, 5.41) is 23.6. The lowest BCUT2D eigenvalue weighted by molar-refractivity contribution is -0.384. The van der Waals surface area contributed by atoms with Gasteiger partial charge < -0.3 is 15.2 Å². The zero-order valence-electron chi connectivity index (χ0n) is 14.0. The summed E-state index contributed by atoms with van der Waals surface area (Å²) in [7, 11) is 0. The van der Waals surface area contributed by atoms with E-state index in [-0.39, 0.29) is 23.8 Å². The van der Waals surface area contributed by atoms with Crippen molar-refractivity contribution in [1.29, 1.82) is 0 Å². The highest BCUT2D eigenvalue weighted by atomic mass is 16.6. The van der Waals surface area contributed by atoms with Crippen LogP contribution < -0.4 is 5.32 Å². The number of ether oxygens (including phenoxy) is 1. The molecule has 2 rings (SSSR count). The maximum absolute atomic E-state index is 11.2. The summed E-state index contributed by atoms with van der Waals surface area (Å²) in [6.07, 6.45) is 2.18. The van der Waals surface area contributed by atoms with Gasteiger partial charge in [-0.3, -0.25) is 10.1 Å². The van der Waals surface area contributed by atoms with Gasteiger partial charge in [-0.25, -0.2) is 0 Å². The van der Waals surface area contributed by atoms with Gasteiger partial charge in [-0.15, -0.1) is 0 Å². The third-order valence-corrected chi connectivity index (χ3v) is 4.29. The quantitative estimate of drug-likeness (QED) is 0.641. The zero-order chi connectivity index (χ0) is 17.0. The van der Waals surface area contributed by atoms with E-state index >= 15 is 0 Å². The molecule has 1 fully saturated rings. The van der Waals surface area contributed by atoms with Crippen molar-refractivity contribution < 1.29 is 14.8 Å². The van der Waals surface area contributed by atoms with Crippen molar-refractivity contribution in [3.8, 4) is 0 Å². The van der Waals surface area contributed by atoms with Gasteiger partial charge in [0.25, 0.3) is 5.69 Å². The molecule has 0 bridgehead atoms. The van der Waals surface area contributed by atoms with E-state index in [2.05, 4.69) is 26.1 Å². The molecule has 1 aliphatic heterocycles. The molecule has 1 aliphatic rings. The Hall–Kier alpha value is -1.66. The smallest absolute Gasteiger partial charge is 0.292 e. The number of hydrogen-bond donors (Lipinski definition) is 2. The summed E-state index contributed by atoms with van der Waals surface area (Å²) in [5.41, 5.74) is 1.18. The fraction of sp³-hybridized carbons (Fsp3) is 0.647. The van der Waals surface area contributed by atoms with Crippen LogP contribution in [-0.2, 0) is 11.3 Å². The first-order valence-corrected chi connectivity index (χ1v) is 8.06. The van der Waals surface area contributed by atoms with Crippen LogP contribution in [0, 0.1) is 21.4 Å². The molecule has 0 saturated carbocycles. The Bertz CT molecular complexity index is 554. The van der Waals surface area contributed by atoms with E-state index in [9.17, 15) is 15.2 Å². The van der Waals surface area contributed by atoms with Crippen molar-refractivity contribution in [3.63, 3.8) is 0 Å². The molecule has 0 amide bonds. The van der Waals surface area contributed by atoms with E-state index in [0.29, 0.717) is 23.7 Å². The first kappa shape index (κ1) is 17.7. The normalized spacial score (nSPS) is 21.9. The summed E-state index contributed by atoms with van der Waals surface area (Å²) in [6, 6.07) is 4.66. The number of aliphatic hydroxyl groups excluding tert-OH is 1. The SMILES string of the molecule is CC(C)(C)C1OCCCC1CNc1cc(CO)ccc1[N+](=O)[O-]. The van der Waals surface area contributed by atoms with E-state index in [0.717, 1.165) is 19.4 Å². The summed E-state index contributed by atoms with van der Waals surface area (Å²) in [6.45, 7) is 7.74. The van der Waals surface area contributed by atoms with Crippen LogP contribution in [0.25, 0.3) is 0 Å². The average Bonchev–Trinajstić information content (AvgIpc) is 2.51. The van der Waals surface area contributed by atoms with Crippen molar-refractivity contribution in [3.05, 3.63) is 33.9 Å². The van der Waals surface area contributed by atoms with Crippen LogP contribution >= 0.6 is 0 Å². The van der Waals surface area contributed by atoms with Gasteiger partial charge >= 0.3 is 0 Å². The predicted molar refractivity (Wildman–Crippen MR) is 89.4 cm³/mol. The van der Waals surface area contributed by atoms with Gasteiger partial charge in [-0.1, -0.05) is 20.8 Å². The molecule has 0 aliphatic carbocycles. The van der Waals surface area contributed by atoms with E-state index in [1.54, 1.807) is 12.1 Å². The Balaban J connectivity index is 2.14. The topological polar surface area (TPSA) is 84.6 Å². The lowest BCUT2D eigenvalue weighted by atomic mass is 9.78. The van der Waals surface area contributed by atoms with Crippen molar-refractivity contribution in [2.45, 2.75) is 46.3 Å². The summed E-state index contributed by atoms with van der Waals surface area (Å²) >= 11 is 0. The molecule has 6 nitrogen and oxygen atoms in total. The van der Waals surface area contributed by atoms with Gasteiger partial charge in [-0.2, -0.15) is 0 Å². The molecule has 1 aromatic carbocycles. The average molecular weight is 322 g/mol. The maximum Gasteiger partial charge on any atom is 0.292 e. The molecule has 0 spiro atoms. The second-order valence-corrected chi connectivity index (χ2v) is 7.21. The Kier molecular flexibility index (Phi) is 5.59. The Labute approximate surface area is 137 Å². The summed E-state index contributed by atoms with van der Waals surface area (Å²) < 4.78 is 5.95. The monoisotopic (exact) mass is 322 g/mol. The molecule has 0 radical (unpaired) electrons. The molecule has 0 aromatic heterocycles. The number of benzene rings is 1. The molecule has 2 atom stereocenters. The first-order chi connectivity index (χ1) is 10.8. The minimum absolute atomic E-state index is 0.0334. The van der Waals surface area contributed by atoms with Crippen LogP contribution in [0.2, 0.25) is 0 Å². The highest BCUT2D eigenvalue weighted by Gasteiger charge is 2.35. The molecule has 128 valence electrons. The van der Waals surface area contributed by atoms with Gasteiger partial charge in [0, 0.05) is 25.1 Å². The number of nitro benzene ring substituents is 1. The van der Waals surface area contributed by atoms with E-state index in [1.165, 1.54) is 6.07 Å². The molecule has 2 N–H and O–H groups in total. The molecule has 2 unspecified atom stereocenters. The minimum Gasteiger partial charge on any atom is -0.392 e. The second kappa shape index (κ2) is 7.27. The second-order valence-electron chi connectivity index (χ2n) is 7.21. The van der Waals surface area contributed by atoms with Crippen LogP contribution in [0.15, 0.2) is 18.2 Å². The van der Waals surface area contributed by atoms with E-state index in [1.807, 2.05) is 0 Å². The van der Waals surface area contributed by atoms with Gasteiger partial charge in [0.2, 0.25) is 0 Å². The Morgan fingerprint density at radius 2 is 2.17 bits per heavy atom. The largest absolute Gasteiger partial charge is 0.392 e. The molecule has 1 aromatic rings. The predicted octanol–water partition coefficient (Wildman–Crippen LogP) is 3.34. The number of rotatable bonds is 5. The van der Waals surface area contributed by atoms with Gasteiger partial charge in [0.15, 0.2) is 0 Å². The summed E-state index contributed by atoms with van der Waals surface area (Å²) in [5.74, 6) is 0.307. The lowest BCUT2D eigenvalue weighted by Crippen LogP contribution is -2.42. The van der Waals surface area contributed by atoms with Crippen molar-refractivity contribution >= 4 is 11.4 Å². The van der Waals surface area contributed by atoms with Crippen LogP contribution in [-0.4, -0.2) is 29.3 Å². The Morgan fingerprint density at radius 1 is 1.43 bits per heavy atom. The number of hydrogen-bond acceptors (Lipinski definition) is 5. The Morgan fingerprint density at radius 3 is 2.78 bits per heavy atom. The minimum atomic E-state index is -0.401. The third kappa shape index (κ3) is 4.42. The third-order valence-electron chi connectivity index (χ3n) is 4.29. The number of aliphatic hydroxyl groups is 1. The highest BCUT2D eigenvalue weighted by Crippen LogP contribution is 2.35. The van der Waals surface area contributed by atoms with Gasteiger partial charge in [0.1, 0.15) is 5.69 Å². The van der Waals surface area contributed by atoms with Gasteiger partial charge in [-0.05, 0) is 36.0 Å². The van der Waals surface area contributed by atoms with Crippen LogP contribution in [0.1, 0.15) is 39.2 Å². The van der Waals surface area contributed by atoms with Crippen LogP contribution in [0.5, 0.6) is 0 Å². The van der Waals surface area contributed by atoms with Crippen LogP contribution in [0.4, 0.5) is 11.4 Å². The molecular formula is C17H26N2O4. The van der Waals surface area contributed by atoms with Crippen molar-refractivity contribution in [1.82, 2.24) is 0 Å². The molecule has 1 saturated heterocycles. The standard InChI is InChI=1S/C17H26N2O4/c1-17(2,3)16-13(5-4-8-23-16)10-18-14-9-12(11-20)6-7-15(14)19(21)22/h6-7,9,13,16,18,20H,4-5,8,10-11H2,1-3H3. The highest BCUT2D eigenvalue weighted by molar-refractivity contribution is 5.62. The van der Waals surface area contributed by atoms with Crippen molar-refractivity contribution in [2.24, 2.45) is 11.3 Å². The first-order valence-electron chi connectivity index (χ1n) is 8.06.